The van der Waals surface area contributed by atoms with Crippen molar-refractivity contribution < 1.29 is 46.2 Å². The summed E-state index contributed by atoms with van der Waals surface area (Å²) in [6.45, 7) is 0. The number of alkyl halides is 2. The second kappa shape index (κ2) is 6.81. The topological polar surface area (TPSA) is 130 Å². The van der Waals surface area contributed by atoms with Crippen LogP contribution in [0.2, 0.25) is 0 Å². The Kier molecular flexibility index (Phi) is 5.02. The van der Waals surface area contributed by atoms with E-state index in [1.54, 1.807) is 0 Å². The molecule has 2 aliphatic carbocycles. The van der Waals surface area contributed by atoms with Crippen LogP contribution in [0.4, 0.5) is 8.78 Å². The molecule has 2 aliphatic heterocycles. The van der Waals surface area contributed by atoms with Crippen molar-refractivity contribution in [3.8, 4) is 0 Å². The Morgan fingerprint density at radius 3 is 1.97 bits per heavy atom. The van der Waals surface area contributed by atoms with Gasteiger partial charge in [0.25, 0.3) is 0 Å². The first-order valence-electron chi connectivity index (χ1n) is 10.1. The Morgan fingerprint density at radius 2 is 1.48 bits per heavy atom. The molecule has 0 aromatic carbocycles. The molecule has 4 fully saturated rings. The fourth-order valence-electron chi connectivity index (χ4n) is 6.08. The van der Waals surface area contributed by atoms with E-state index >= 15 is 0 Å². The molecule has 0 aromatic rings. The van der Waals surface area contributed by atoms with Crippen LogP contribution in [-0.2, 0) is 24.4 Å². The maximum atomic E-state index is 13.6. The molecule has 29 heavy (non-hydrogen) atoms. The summed E-state index contributed by atoms with van der Waals surface area (Å²) >= 11 is 0. The third kappa shape index (κ3) is 3.29. The summed E-state index contributed by atoms with van der Waals surface area (Å²) in [7, 11) is -5.97. The Morgan fingerprint density at radius 1 is 1.00 bits per heavy atom. The first-order valence-corrected chi connectivity index (χ1v) is 11.5. The molecule has 2 saturated carbocycles. The fraction of sp³-hybridized carbons (Fsp3) is 0.944. The van der Waals surface area contributed by atoms with Gasteiger partial charge in [0, 0.05) is 18.3 Å². The summed E-state index contributed by atoms with van der Waals surface area (Å²) in [6, 6.07) is 0. The lowest BCUT2D eigenvalue weighted by molar-refractivity contribution is -0.177. The average Bonchev–Trinajstić information content (AvgIpc) is 3.37. The van der Waals surface area contributed by atoms with Gasteiger partial charge in [0.05, 0.1) is 17.3 Å². The van der Waals surface area contributed by atoms with E-state index in [9.17, 15) is 32.2 Å². The number of carbonyl (C=O) groups is 1. The first kappa shape index (κ1) is 21.4. The van der Waals surface area contributed by atoms with Crippen LogP contribution in [-0.4, -0.2) is 63.9 Å². The standard InChI is InChI=1S/C18H26F2O8S/c19-18(20,29(24,25)26)15(21)28-11-9-10-12(16(22)5-1-2-6-16)13(14(11)27-10)17(23)7-3-4-8-17/h10-14,22-23H,1-9H2,(H,24,25,26). The molecule has 2 heterocycles. The fourth-order valence-corrected chi connectivity index (χ4v) is 6.34. The number of hydrogen-bond donors (Lipinski definition) is 3. The Hall–Kier alpha value is -0.880. The predicted molar refractivity (Wildman–Crippen MR) is 93.5 cm³/mol. The van der Waals surface area contributed by atoms with Crippen LogP contribution >= 0.6 is 0 Å². The second-order valence-electron chi connectivity index (χ2n) is 8.98. The highest BCUT2D eigenvalue weighted by atomic mass is 32.2. The molecular weight excluding hydrogens is 414 g/mol. The number of aliphatic hydroxyl groups is 2. The van der Waals surface area contributed by atoms with Gasteiger partial charge in [-0.05, 0) is 25.7 Å². The highest BCUT2D eigenvalue weighted by Gasteiger charge is 2.68. The Bertz CT molecular complexity index is 773. The van der Waals surface area contributed by atoms with Crippen molar-refractivity contribution in [3.05, 3.63) is 0 Å². The zero-order valence-corrected chi connectivity index (χ0v) is 16.6. The lowest BCUT2D eigenvalue weighted by atomic mass is 9.62. The summed E-state index contributed by atoms with van der Waals surface area (Å²) < 4.78 is 68.2. The largest absolute Gasteiger partial charge is 0.465 e. The molecule has 4 rings (SSSR count). The molecule has 5 atom stereocenters. The number of rotatable bonds is 5. The lowest BCUT2D eigenvalue weighted by Crippen LogP contribution is -2.57. The van der Waals surface area contributed by atoms with Crippen molar-refractivity contribution in [2.24, 2.45) is 11.8 Å². The van der Waals surface area contributed by atoms with E-state index in [1.165, 1.54) is 0 Å². The van der Waals surface area contributed by atoms with E-state index in [4.69, 9.17) is 14.0 Å². The third-order valence-corrected chi connectivity index (χ3v) is 8.12. The molecule has 8 nitrogen and oxygen atoms in total. The van der Waals surface area contributed by atoms with Gasteiger partial charge < -0.3 is 19.7 Å². The minimum absolute atomic E-state index is 0.0253. The van der Waals surface area contributed by atoms with Crippen LogP contribution in [0.25, 0.3) is 0 Å². The molecule has 0 aromatic heterocycles. The van der Waals surface area contributed by atoms with Gasteiger partial charge in [-0.1, -0.05) is 25.7 Å². The van der Waals surface area contributed by atoms with Crippen LogP contribution in [0, 0.1) is 11.8 Å². The quantitative estimate of drug-likeness (QED) is 0.432. The zero-order chi connectivity index (χ0) is 21.2. The molecular formula is C18H26F2O8S. The predicted octanol–water partition coefficient (Wildman–Crippen LogP) is 1.39. The number of ether oxygens (including phenoxy) is 2. The van der Waals surface area contributed by atoms with Crippen molar-refractivity contribution in [2.75, 3.05) is 0 Å². The van der Waals surface area contributed by atoms with Crippen molar-refractivity contribution in [2.45, 2.75) is 92.6 Å². The molecule has 166 valence electrons. The third-order valence-electron chi connectivity index (χ3n) is 7.30. The van der Waals surface area contributed by atoms with Gasteiger partial charge in [0.15, 0.2) is 0 Å². The molecule has 0 spiro atoms. The first-order chi connectivity index (χ1) is 13.4. The number of carbonyl (C=O) groups excluding carboxylic acids is 1. The highest BCUT2D eigenvalue weighted by molar-refractivity contribution is 7.87. The Labute approximate surface area is 167 Å². The van der Waals surface area contributed by atoms with Gasteiger partial charge in [-0.15, -0.1) is 0 Å². The van der Waals surface area contributed by atoms with Crippen LogP contribution in [0.1, 0.15) is 57.8 Å². The Balaban J connectivity index is 1.60. The molecule has 0 radical (unpaired) electrons. The minimum atomic E-state index is -5.97. The van der Waals surface area contributed by atoms with Crippen LogP contribution in [0.15, 0.2) is 0 Å². The number of fused-ring (bicyclic) bond motifs is 2. The minimum Gasteiger partial charge on any atom is -0.454 e. The molecule has 3 N–H and O–H groups in total. The molecule has 4 aliphatic rings. The molecule has 0 amide bonds. The van der Waals surface area contributed by atoms with E-state index < -0.39 is 62.7 Å². The van der Waals surface area contributed by atoms with Gasteiger partial charge in [-0.25, -0.2) is 4.79 Å². The summed E-state index contributed by atoms with van der Waals surface area (Å²) in [4.78, 5) is 11.8. The highest BCUT2D eigenvalue weighted by Crippen LogP contribution is 2.58. The molecule has 11 heteroatoms. The van der Waals surface area contributed by atoms with Crippen molar-refractivity contribution >= 4 is 16.1 Å². The van der Waals surface area contributed by atoms with Crippen LogP contribution < -0.4 is 0 Å². The van der Waals surface area contributed by atoms with Crippen molar-refractivity contribution in [1.82, 2.24) is 0 Å². The van der Waals surface area contributed by atoms with Crippen LogP contribution in [0.3, 0.4) is 0 Å². The smallest absolute Gasteiger partial charge is 0.454 e. The SMILES string of the molecule is O=C(OC1CC2OC1C(C1(O)CCCC1)C2C1(O)CCCC1)C(F)(F)S(=O)(=O)O. The van der Waals surface area contributed by atoms with E-state index in [0.29, 0.717) is 25.7 Å². The lowest BCUT2D eigenvalue weighted by Gasteiger charge is -2.46. The molecule has 2 saturated heterocycles. The van der Waals surface area contributed by atoms with Gasteiger partial charge in [-0.3, -0.25) is 4.55 Å². The van der Waals surface area contributed by atoms with E-state index in [1.807, 2.05) is 0 Å². The second-order valence-corrected chi connectivity index (χ2v) is 10.4. The van der Waals surface area contributed by atoms with Crippen LogP contribution in [0.5, 0.6) is 0 Å². The normalized spacial score (nSPS) is 38.4. The number of halogens is 2. The number of hydrogen-bond acceptors (Lipinski definition) is 7. The summed E-state index contributed by atoms with van der Waals surface area (Å²) in [5, 5.41) is 17.4. The van der Waals surface area contributed by atoms with Crippen molar-refractivity contribution in [3.63, 3.8) is 0 Å². The summed E-state index contributed by atoms with van der Waals surface area (Å²) in [6.07, 6.45) is 2.63. The van der Waals surface area contributed by atoms with E-state index in [0.717, 1.165) is 25.7 Å². The van der Waals surface area contributed by atoms with E-state index in [-0.39, 0.29) is 6.42 Å². The van der Waals surface area contributed by atoms with Gasteiger partial charge in [-0.2, -0.15) is 17.2 Å². The van der Waals surface area contributed by atoms with E-state index in [2.05, 4.69) is 0 Å². The van der Waals surface area contributed by atoms with Crippen molar-refractivity contribution in [1.29, 1.82) is 0 Å². The monoisotopic (exact) mass is 440 g/mol. The number of esters is 1. The maximum Gasteiger partial charge on any atom is 0.465 e. The van der Waals surface area contributed by atoms with Gasteiger partial charge in [0.2, 0.25) is 0 Å². The molecule has 2 bridgehead atoms. The molecule has 5 unspecified atom stereocenters. The average molecular weight is 440 g/mol. The van der Waals surface area contributed by atoms with Gasteiger partial charge >= 0.3 is 21.3 Å². The summed E-state index contributed by atoms with van der Waals surface area (Å²) in [5.41, 5.74) is -2.20. The zero-order valence-electron chi connectivity index (χ0n) is 15.8. The van der Waals surface area contributed by atoms with Gasteiger partial charge in [0.1, 0.15) is 12.2 Å². The maximum absolute atomic E-state index is 13.6. The summed E-state index contributed by atoms with van der Waals surface area (Å²) in [5.74, 6) is -3.38.